The monoisotopic (exact) mass is 260 g/mol. The van der Waals surface area contributed by atoms with Crippen molar-refractivity contribution in [2.75, 3.05) is 20.2 Å². The average Bonchev–Trinajstić information content (AvgIpc) is 2.37. The van der Waals surface area contributed by atoms with E-state index >= 15 is 0 Å². The number of hydrogen-bond donors (Lipinski definition) is 2. The van der Waals surface area contributed by atoms with E-state index in [9.17, 15) is 9.90 Å². The molecule has 0 saturated carbocycles. The van der Waals surface area contributed by atoms with Crippen molar-refractivity contribution in [3.8, 4) is 0 Å². The quantitative estimate of drug-likeness (QED) is 0.849. The fourth-order valence-electron chi connectivity index (χ4n) is 2.01. The molecule has 0 amide bonds. The molecule has 0 unspecified atom stereocenters. The van der Waals surface area contributed by atoms with Gasteiger partial charge in [0, 0.05) is 18.5 Å². The molecule has 0 saturated heterocycles. The third-order valence-electron chi connectivity index (χ3n) is 2.91. The van der Waals surface area contributed by atoms with Gasteiger partial charge in [0.15, 0.2) is 0 Å². The number of carboxylic acids is 1. The summed E-state index contributed by atoms with van der Waals surface area (Å²) in [6.45, 7) is 1.10. The van der Waals surface area contributed by atoms with E-state index < -0.39 is 5.97 Å². The number of nitrogens with zero attached hydrogens (tertiary/aromatic N) is 2. The van der Waals surface area contributed by atoms with Crippen LogP contribution < -0.4 is 0 Å². The number of para-hydroxylation sites is 1. The predicted molar refractivity (Wildman–Crippen MR) is 72.1 cm³/mol. The van der Waals surface area contributed by atoms with Crippen molar-refractivity contribution in [2.24, 2.45) is 0 Å². The summed E-state index contributed by atoms with van der Waals surface area (Å²) in [7, 11) is 1.85. The van der Waals surface area contributed by atoms with E-state index in [1.54, 1.807) is 24.3 Å². The Labute approximate surface area is 111 Å². The first-order chi connectivity index (χ1) is 9.11. The van der Waals surface area contributed by atoms with Crippen LogP contribution in [0.2, 0.25) is 0 Å². The number of benzene rings is 1. The molecule has 0 spiro atoms. The topological polar surface area (TPSA) is 73.7 Å². The number of carbonyl (C=O) groups is 1. The molecular weight excluding hydrogens is 244 g/mol. The number of aliphatic hydroxyl groups excluding tert-OH is 1. The van der Waals surface area contributed by atoms with Crippen LogP contribution in [0.4, 0.5) is 0 Å². The highest BCUT2D eigenvalue weighted by molar-refractivity contribution is 6.02. The molecule has 5 nitrogen and oxygen atoms in total. The highest BCUT2D eigenvalue weighted by Gasteiger charge is 2.12. The molecule has 1 aromatic heterocycles. The summed E-state index contributed by atoms with van der Waals surface area (Å²) in [6.07, 6.45) is 0. The van der Waals surface area contributed by atoms with Crippen molar-refractivity contribution in [2.45, 2.75) is 6.54 Å². The molecule has 2 aromatic rings. The second-order valence-electron chi connectivity index (χ2n) is 4.44. The van der Waals surface area contributed by atoms with Crippen molar-refractivity contribution in [1.29, 1.82) is 0 Å². The van der Waals surface area contributed by atoms with Crippen LogP contribution in [0.25, 0.3) is 10.9 Å². The minimum Gasteiger partial charge on any atom is -0.478 e. The summed E-state index contributed by atoms with van der Waals surface area (Å²) in [4.78, 5) is 17.6. The van der Waals surface area contributed by atoms with Gasteiger partial charge in [0.1, 0.15) is 0 Å². The SMILES string of the molecule is CN(CCO)Cc1cc(C(=O)O)c2ccccc2n1. The van der Waals surface area contributed by atoms with Crippen LogP contribution in [-0.4, -0.2) is 46.3 Å². The molecule has 19 heavy (non-hydrogen) atoms. The largest absolute Gasteiger partial charge is 0.478 e. The van der Waals surface area contributed by atoms with Crippen LogP contribution in [0, 0.1) is 0 Å². The normalized spacial score (nSPS) is 11.1. The number of pyridine rings is 1. The molecule has 0 atom stereocenters. The lowest BCUT2D eigenvalue weighted by Gasteiger charge is -2.15. The zero-order valence-electron chi connectivity index (χ0n) is 10.7. The first-order valence-electron chi connectivity index (χ1n) is 6.03. The lowest BCUT2D eigenvalue weighted by Crippen LogP contribution is -2.22. The molecule has 0 fully saturated rings. The van der Waals surface area contributed by atoms with Crippen molar-refractivity contribution in [3.63, 3.8) is 0 Å². The lowest BCUT2D eigenvalue weighted by atomic mass is 10.1. The van der Waals surface area contributed by atoms with Crippen LogP contribution in [0.15, 0.2) is 30.3 Å². The van der Waals surface area contributed by atoms with Gasteiger partial charge in [-0.05, 0) is 19.2 Å². The molecule has 1 aromatic carbocycles. The number of aromatic nitrogens is 1. The fourth-order valence-corrected chi connectivity index (χ4v) is 2.01. The molecule has 0 aliphatic heterocycles. The first-order valence-corrected chi connectivity index (χ1v) is 6.03. The smallest absolute Gasteiger partial charge is 0.336 e. The average molecular weight is 260 g/mol. The maximum absolute atomic E-state index is 11.3. The van der Waals surface area contributed by atoms with Crippen molar-refractivity contribution >= 4 is 16.9 Å². The zero-order valence-corrected chi connectivity index (χ0v) is 10.7. The molecule has 100 valence electrons. The molecule has 2 rings (SSSR count). The summed E-state index contributed by atoms with van der Waals surface area (Å²) in [5, 5.41) is 18.8. The van der Waals surface area contributed by atoms with Gasteiger partial charge >= 0.3 is 5.97 Å². The van der Waals surface area contributed by atoms with Crippen molar-refractivity contribution in [3.05, 3.63) is 41.6 Å². The van der Waals surface area contributed by atoms with E-state index in [-0.39, 0.29) is 12.2 Å². The summed E-state index contributed by atoms with van der Waals surface area (Å²) in [5.74, 6) is -0.954. The Morgan fingerprint density at radius 1 is 1.37 bits per heavy atom. The highest BCUT2D eigenvalue weighted by Crippen LogP contribution is 2.19. The maximum Gasteiger partial charge on any atom is 0.336 e. The van der Waals surface area contributed by atoms with Gasteiger partial charge in [0.05, 0.1) is 23.4 Å². The van der Waals surface area contributed by atoms with Crippen molar-refractivity contribution < 1.29 is 15.0 Å². The zero-order chi connectivity index (χ0) is 13.8. The van der Waals surface area contributed by atoms with Crippen LogP contribution in [0.3, 0.4) is 0 Å². The Balaban J connectivity index is 2.43. The first kappa shape index (κ1) is 13.5. The molecule has 0 radical (unpaired) electrons. The number of likely N-dealkylation sites (N-methyl/N-ethyl adjacent to an activating group) is 1. The number of hydrogen-bond acceptors (Lipinski definition) is 4. The second-order valence-corrected chi connectivity index (χ2v) is 4.44. The van der Waals surface area contributed by atoms with Gasteiger partial charge in [-0.15, -0.1) is 0 Å². The van der Waals surface area contributed by atoms with Crippen LogP contribution in [0.1, 0.15) is 16.1 Å². The number of carboxylic acid groups (broad SMARTS) is 1. The molecule has 0 aliphatic carbocycles. The summed E-state index contributed by atoms with van der Waals surface area (Å²) in [5.41, 5.74) is 1.62. The molecule has 0 aliphatic rings. The molecule has 0 bridgehead atoms. The molecule has 2 N–H and O–H groups in total. The third-order valence-corrected chi connectivity index (χ3v) is 2.91. The van der Waals surface area contributed by atoms with Crippen LogP contribution in [-0.2, 0) is 6.54 Å². The van der Waals surface area contributed by atoms with Gasteiger partial charge in [-0.25, -0.2) is 4.79 Å². The van der Waals surface area contributed by atoms with Gasteiger partial charge in [-0.2, -0.15) is 0 Å². The van der Waals surface area contributed by atoms with Gasteiger partial charge in [-0.3, -0.25) is 9.88 Å². The summed E-state index contributed by atoms with van der Waals surface area (Å²) in [6, 6.07) is 8.79. The van der Waals surface area contributed by atoms with E-state index in [0.29, 0.717) is 29.7 Å². The van der Waals surface area contributed by atoms with Crippen LogP contribution in [0.5, 0.6) is 0 Å². The Hall–Kier alpha value is -1.98. The number of aromatic carboxylic acids is 1. The van der Waals surface area contributed by atoms with E-state index in [1.165, 1.54) is 0 Å². The minimum atomic E-state index is -0.954. The minimum absolute atomic E-state index is 0.0653. The van der Waals surface area contributed by atoms with Crippen molar-refractivity contribution in [1.82, 2.24) is 9.88 Å². The van der Waals surface area contributed by atoms with E-state index in [0.717, 1.165) is 0 Å². The van der Waals surface area contributed by atoms with Crippen LogP contribution >= 0.6 is 0 Å². The Kier molecular flexibility index (Phi) is 4.09. The van der Waals surface area contributed by atoms with Gasteiger partial charge in [-0.1, -0.05) is 18.2 Å². The second kappa shape index (κ2) is 5.77. The standard InChI is InChI=1S/C14H16N2O3/c1-16(6-7-17)9-10-8-12(14(18)19)11-4-2-3-5-13(11)15-10/h2-5,8,17H,6-7,9H2,1H3,(H,18,19). The van der Waals surface area contributed by atoms with Gasteiger partial charge in [0.25, 0.3) is 0 Å². The molecular formula is C14H16N2O3. The van der Waals surface area contributed by atoms with Gasteiger partial charge in [0.2, 0.25) is 0 Å². The maximum atomic E-state index is 11.3. The van der Waals surface area contributed by atoms with E-state index in [4.69, 9.17) is 5.11 Å². The lowest BCUT2D eigenvalue weighted by molar-refractivity contribution is 0.0698. The summed E-state index contributed by atoms with van der Waals surface area (Å²) >= 11 is 0. The molecule has 5 heteroatoms. The van der Waals surface area contributed by atoms with E-state index in [2.05, 4.69) is 4.98 Å². The van der Waals surface area contributed by atoms with E-state index in [1.807, 2.05) is 18.0 Å². The number of rotatable bonds is 5. The number of aliphatic hydroxyl groups is 1. The summed E-state index contributed by atoms with van der Waals surface area (Å²) < 4.78 is 0. The number of fused-ring (bicyclic) bond motifs is 1. The highest BCUT2D eigenvalue weighted by atomic mass is 16.4. The molecule has 1 heterocycles. The predicted octanol–water partition coefficient (Wildman–Crippen LogP) is 1.36. The third kappa shape index (κ3) is 3.07. The Bertz CT molecular complexity index is 598. The Morgan fingerprint density at radius 2 is 2.11 bits per heavy atom. The van der Waals surface area contributed by atoms with Gasteiger partial charge < -0.3 is 10.2 Å². The Morgan fingerprint density at radius 3 is 2.79 bits per heavy atom. The fraction of sp³-hybridized carbons (Fsp3) is 0.286.